The molecule has 0 saturated carbocycles. The Morgan fingerprint density at radius 3 is 2.38 bits per heavy atom. The number of benzene rings is 1. The van der Waals surface area contributed by atoms with Crippen LogP contribution in [-0.4, -0.2) is 0 Å². The highest BCUT2D eigenvalue weighted by molar-refractivity contribution is 5.39. The summed E-state index contributed by atoms with van der Waals surface area (Å²) in [4.78, 5) is 0. The molecule has 0 aromatic heterocycles. The maximum Gasteiger partial charge on any atom is 0.266 e. The molecule has 1 nitrogen and oxygen atoms in total. The number of rotatable bonds is 1. The molecule has 1 rings (SSSR count). The standard InChI is InChI=1S/C9H6F3N/c1-5-2-6(4-13)3-7(10)8(5)9(11)12/h2-3,9H,1H3. The van der Waals surface area contributed by atoms with Crippen molar-refractivity contribution in [1.82, 2.24) is 0 Å². The quantitative estimate of drug-likeness (QED) is 0.659. The topological polar surface area (TPSA) is 23.8 Å². The van der Waals surface area contributed by atoms with Gasteiger partial charge in [-0.3, -0.25) is 0 Å². The van der Waals surface area contributed by atoms with Gasteiger partial charge in [-0.2, -0.15) is 5.26 Å². The van der Waals surface area contributed by atoms with Gasteiger partial charge in [0.1, 0.15) is 5.82 Å². The molecular weight excluding hydrogens is 179 g/mol. The van der Waals surface area contributed by atoms with Crippen LogP contribution in [0.1, 0.15) is 23.1 Å². The van der Waals surface area contributed by atoms with Crippen LogP contribution in [0.2, 0.25) is 0 Å². The number of alkyl halides is 2. The fourth-order valence-electron chi connectivity index (χ4n) is 1.10. The summed E-state index contributed by atoms with van der Waals surface area (Å²) in [6.45, 7) is 1.35. The molecule has 0 aliphatic carbocycles. The third-order valence-corrected chi connectivity index (χ3v) is 1.68. The van der Waals surface area contributed by atoms with Gasteiger partial charge >= 0.3 is 0 Å². The van der Waals surface area contributed by atoms with Gasteiger partial charge in [-0.1, -0.05) is 0 Å². The maximum absolute atomic E-state index is 12.9. The van der Waals surface area contributed by atoms with Crippen LogP contribution in [-0.2, 0) is 0 Å². The van der Waals surface area contributed by atoms with Crippen LogP contribution in [0, 0.1) is 24.1 Å². The van der Waals surface area contributed by atoms with E-state index in [9.17, 15) is 13.2 Å². The van der Waals surface area contributed by atoms with Crippen LogP contribution >= 0.6 is 0 Å². The molecule has 0 fully saturated rings. The molecule has 0 atom stereocenters. The van der Waals surface area contributed by atoms with E-state index in [1.54, 1.807) is 6.07 Å². The van der Waals surface area contributed by atoms with Crippen LogP contribution < -0.4 is 0 Å². The molecule has 0 heterocycles. The summed E-state index contributed by atoms with van der Waals surface area (Å²) in [6.07, 6.45) is -2.84. The average Bonchev–Trinajstić information content (AvgIpc) is 2.02. The first kappa shape index (κ1) is 9.59. The average molecular weight is 185 g/mol. The third kappa shape index (κ3) is 1.81. The fraction of sp³-hybridized carbons (Fsp3) is 0.222. The molecule has 4 heteroatoms. The lowest BCUT2D eigenvalue weighted by molar-refractivity contribution is 0.145. The van der Waals surface area contributed by atoms with E-state index in [-0.39, 0.29) is 11.1 Å². The van der Waals surface area contributed by atoms with Crippen molar-refractivity contribution < 1.29 is 13.2 Å². The summed E-state index contributed by atoms with van der Waals surface area (Å²) in [5.74, 6) is -1.02. The second-order valence-corrected chi connectivity index (χ2v) is 2.60. The molecule has 0 aliphatic heterocycles. The van der Waals surface area contributed by atoms with E-state index in [2.05, 4.69) is 0 Å². The lowest BCUT2D eigenvalue weighted by atomic mass is 10.1. The van der Waals surface area contributed by atoms with E-state index < -0.39 is 17.8 Å². The normalized spacial score (nSPS) is 10.2. The second kappa shape index (κ2) is 3.48. The van der Waals surface area contributed by atoms with E-state index in [4.69, 9.17) is 5.26 Å². The van der Waals surface area contributed by atoms with E-state index >= 15 is 0 Å². The number of halogens is 3. The molecule has 0 spiro atoms. The molecule has 13 heavy (non-hydrogen) atoms. The summed E-state index contributed by atoms with van der Waals surface area (Å²) >= 11 is 0. The first-order chi connectivity index (χ1) is 6.06. The van der Waals surface area contributed by atoms with Crippen LogP contribution in [0.25, 0.3) is 0 Å². The first-order valence-electron chi connectivity index (χ1n) is 3.54. The molecule has 0 aliphatic rings. The number of nitriles is 1. The Kier molecular flexibility index (Phi) is 2.57. The van der Waals surface area contributed by atoms with Crippen molar-refractivity contribution in [3.05, 3.63) is 34.6 Å². The predicted octanol–water partition coefficient (Wildman–Crippen LogP) is 2.94. The zero-order valence-corrected chi connectivity index (χ0v) is 6.81. The van der Waals surface area contributed by atoms with E-state index in [1.165, 1.54) is 13.0 Å². The molecule has 0 radical (unpaired) electrons. The largest absolute Gasteiger partial charge is 0.266 e. The van der Waals surface area contributed by atoms with Gasteiger partial charge in [-0.25, -0.2) is 13.2 Å². The Morgan fingerprint density at radius 2 is 2.00 bits per heavy atom. The summed E-state index contributed by atoms with van der Waals surface area (Å²) in [5, 5.41) is 8.41. The molecule has 0 unspecified atom stereocenters. The highest BCUT2D eigenvalue weighted by Crippen LogP contribution is 2.26. The van der Waals surface area contributed by atoms with Crippen LogP contribution in [0.4, 0.5) is 13.2 Å². The molecule has 0 amide bonds. The zero-order valence-electron chi connectivity index (χ0n) is 6.81. The predicted molar refractivity (Wildman–Crippen MR) is 40.8 cm³/mol. The van der Waals surface area contributed by atoms with Gasteiger partial charge in [0.2, 0.25) is 0 Å². The van der Waals surface area contributed by atoms with Crippen LogP contribution in [0.3, 0.4) is 0 Å². The highest BCUT2D eigenvalue weighted by Gasteiger charge is 2.16. The van der Waals surface area contributed by atoms with Crippen molar-refractivity contribution in [2.75, 3.05) is 0 Å². The molecule has 68 valence electrons. The van der Waals surface area contributed by atoms with Crippen molar-refractivity contribution in [1.29, 1.82) is 5.26 Å². The Hall–Kier alpha value is -1.50. The van der Waals surface area contributed by atoms with Crippen LogP contribution in [0.15, 0.2) is 12.1 Å². The van der Waals surface area contributed by atoms with Gasteiger partial charge in [0, 0.05) is 0 Å². The zero-order chi connectivity index (χ0) is 10.0. The lowest BCUT2D eigenvalue weighted by Gasteiger charge is -2.05. The molecule has 1 aromatic rings. The van der Waals surface area contributed by atoms with Crippen molar-refractivity contribution in [3.63, 3.8) is 0 Å². The van der Waals surface area contributed by atoms with Gasteiger partial charge in [-0.05, 0) is 24.6 Å². The van der Waals surface area contributed by atoms with Gasteiger partial charge in [0.05, 0.1) is 17.2 Å². The molecular formula is C9H6F3N. The van der Waals surface area contributed by atoms with Crippen molar-refractivity contribution in [2.24, 2.45) is 0 Å². The molecule has 0 saturated heterocycles. The number of nitrogens with zero attached hydrogens (tertiary/aromatic N) is 1. The second-order valence-electron chi connectivity index (χ2n) is 2.60. The van der Waals surface area contributed by atoms with Crippen molar-refractivity contribution in [2.45, 2.75) is 13.3 Å². The first-order valence-corrected chi connectivity index (χ1v) is 3.54. The molecule has 0 N–H and O–H groups in total. The SMILES string of the molecule is Cc1cc(C#N)cc(F)c1C(F)F. The lowest BCUT2D eigenvalue weighted by Crippen LogP contribution is -1.96. The van der Waals surface area contributed by atoms with Crippen molar-refractivity contribution in [3.8, 4) is 6.07 Å². The van der Waals surface area contributed by atoms with Crippen molar-refractivity contribution >= 4 is 0 Å². The van der Waals surface area contributed by atoms with Gasteiger partial charge in [-0.15, -0.1) is 0 Å². The third-order valence-electron chi connectivity index (χ3n) is 1.68. The minimum Gasteiger partial charge on any atom is -0.206 e. The maximum atomic E-state index is 12.9. The Balaban J connectivity index is 3.33. The Labute approximate surface area is 73.4 Å². The summed E-state index contributed by atoms with van der Waals surface area (Å²) in [5.41, 5.74) is -0.468. The number of hydrogen-bond acceptors (Lipinski definition) is 1. The highest BCUT2D eigenvalue weighted by atomic mass is 19.3. The smallest absolute Gasteiger partial charge is 0.206 e. The molecule has 0 bridgehead atoms. The van der Waals surface area contributed by atoms with Gasteiger partial charge in [0.15, 0.2) is 0 Å². The Bertz CT molecular complexity index is 343. The van der Waals surface area contributed by atoms with E-state index in [1.807, 2.05) is 0 Å². The summed E-state index contributed by atoms with van der Waals surface area (Å²) in [7, 11) is 0. The number of aryl methyl sites for hydroxylation is 1. The summed E-state index contributed by atoms with van der Waals surface area (Å²) in [6, 6.07) is 3.74. The minimum atomic E-state index is -2.84. The fourth-order valence-corrected chi connectivity index (χ4v) is 1.10. The van der Waals surface area contributed by atoms with Gasteiger partial charge < -0.3 is 0 Å². The van der Waals surface area contributed by atoms with Gasteiger partial charge in [0.25, 0.3) is 6.43 Å². The monoisotopic (exact) mass is 185 g/mol. The summed E-state index contributed by atoms with van der Waals surface area (Å²) < 4.78 is 37.3. The molecule has 1 aromatic carbocycles. The Morgan fingerprint density at radius 1 is 1.38 bits per heavy atom. The van der Waals surface area contributed by atoms with E-state index in [0.29, 0.717) is 0 Å². The number of hydrogen-bond donors (Lipinski definition) is 0. The van der Waals surface area contributed by atoms with Crippen LogP contribution in [0.5, 0.6) is 0 Å². The minimum absolute atomic E-state index is 0.0550. The van der Waals surface area contributed by atoms with E-state index in [0.717, 1.165) is 6.07 Å².